The molecule has 0 saturated carbocycles. The number of nitrogens with zero attached hydrogens (tertiary/aromatic N) is 1. The summed E-state index contributed by atoms with van der Waals surface area (Å²) in [7, 11) is 1.60. The smallest absolute Gasteiger partial charge is 0.312 e. The van der Waals surface area contributed by atoms with Gasteiger partial charge in [-0.25, -0.2) is 4.79 Å². The number of hydrogen-bond donors (Lipinski definition) is 5. The minimum Gasteiger partial charge on any atom is -0.497 e. The van der Waals surface area contributed by atoms with Gasteiger partial charge < -0.3 is 36.4 Å². The number of fused-ring (bicyclic) bond motifs is 1. The second-order valence-corrected chi connectivity index (χ2v) is 12.6. The first-order valence-electron chi connectivity index (χ1n) is 14.5. The van der Waals surface area contributed by atoms with Gasteiger partial charge in [0.1, 0.15) is 11.8 Å². The molecule has 234 valence electrons. The molecule has 0 radical (unpaired) electrons. The molecular weight excluding hydrogens is 578 g/mol. The van der Waals surface area contributed by atoms with Crippen LogP contribution in [0, 0.1) is 0 Å². The van der Waals surface area contributed by atoms with Crippen molar-refractivity contribution in [1.82, 2.24) is 16.0 Å². The van der Waals surface area contributed by atoms with Crippen LogP contribution >= 0.6 is 11.8 Å². The molecule has 0 saturated heterocycles. The van der Waals surface area contributed by atoms with Crippen molar-refractivity contribution in [3.8, 4) is 16.9 Å². The van der Waals surface area contributed by atoms with Gasteiger partial charge in [-0.3, -0.25) is 9.59 Å². The summed E-state index contributed by atoms with van der Waals surface area (Å²) in [6, 6.07) is 20.0. The van der Waals surface area contributed by atoms with Crippen LogP contribution in [0.4, 0.5) is 10.5 Å². The number of urea groups is 1. The highest BCUT2D eigenvalue weighted by atomic mass is 32.2. The Morgan fingerprint density at radius 1 is 1.14 bits per heavy atom. The number of aliphatic hydroxyl groups excluding tert-OH is 1. The summed E-state index contributed by atoms with van der Waals surface area (Å²) in [5.74, 6) is 0.615. The van der Waals surface area contributed by atoms with Crippen molar-refractivity contribution in [2.45, 2.75) is 62.9 Å². The number of anilines is 1. The van der Waals surface area contributed by atoms with Crippen molar-refractivity contribution < 1.29 is 24.2 Å². The molecule has 1 aliphatic rings. The first-order chi connectivity index (χ1) is 21.0. The molecule has 3 aromatic carbocycles. The number of rotatable bonds is 12. The lowest BCUT2D eigenvalue weighted by Crippen LogP contribution is -2.52. The monoisotopic (exact) mass is 619 g/mol. The molecular formula is C33H41N5O5S. The maximum Gasteiger partial charge on any atom is 0.312 e. The third kappa shape index (κ3) is 8.75. The maximum atomic E-state index is 14.0. The minimum absolute atomic E-state index is 0.146. The number of amides is 4. The Balaban J connectivity index is 1.56. The van der Waals surface area contributed by atoms with Crippen molar-refractivity contribution in [2.75, 3.05) is 24.3 Å². The molecule has 1 heterocycles. The van der Waals surface area contributed by atoms with Crippen LogP contribution in [-0.2, 0) is 22.7 Å². The lowest BCUT2D eigenvalue weighted by atomic mass is 9.98. The number of β-amino-alcohol motifs (C(OH)–C–C–N with tert-alkyl or cyclic N) is 1. The van der Waals surface area contributed by atoms with Crippen molar-refractivity contribution in [2.24, 2.45) is 5.73 Å². The molecule has 0 spiro atoms. The summed E-state index contributed by atoms with van der Waals surface area (Å²) in [5, 5.41) is 18.4. The molecule has 4 rings (SSSR count). The van der Waals surface area contributed by atoms with Crippen LogP contribution in [0.3, 0.4) is 0 Å². The fourth-order valence-electron chi connectivity index (χ4n) is 5.02. The zero-order valence-electron chi connectivity index (χ0n) is 25.6. The van der Waals surface area contributed by atoms with Crippen LogP contribution in [-0.4, -0.2) is 60.0 Å². The normalized spacial score (nSPS) is 15.6. The predicted molar refractivity (Wildman–Crippen MR) is 174 cm³/mol. The fraction of sp³-hybridized carbons (Fsp3) is 0.364. The van der Waals surface area contributed by atoms with Crippen LogP contribution < -0.4 is 31.3 Å². The molecule has 11 heteroatoms. The highest BCUT2D eigenvalue weighted by molar-refractivity contribution is 7.99. The van der Waals surface area contributed by atoms with Crippen LogP contribution in [0.5, 0.6) is 5.75 Å². The number of thioether (sulfide) groups is 1. The van der Waals surface area contributed by atoms with Gasteiger partial charge in [0, 0.05) is 35.7 Å². The van der Waals surface area contributed by atoms with E-state index in [9.17, 15) is 19.5 Å². The molecule has 2 atom stereocenters. The van der Waals surface area contributed by atoms with Crippen LogP contribution in [0.2, 0.25) is 0 Å². The number of aliphatic hydroxyl groups is 1. The van der Waals surface area contributed by atoms with Crippen molar-refractivity contribution >= 4 is 35.3 Å². The third-order valence-electron chi connectivity index (χ3n) is 7.32. The molecule has 0 unspecified atom stereocenters. The molecule has 10 nitrogen and oxygen atoms in total. The Morgan fingerprint density at radius 3 is 2.55 bits per heavy atom. The average molecular weight is 620 g/mol. The van der Waals surface area contributed by atoms with E-state index in [1.54, 1.807) is 18.9 Å². The van der Waals surface area contributed by atoms with Gasteiger partial charge in [-0.1, -0.05) is 48.5 Å². The largest absolute Gasteiger partial charge is 0.497 e. The van der Waals surface area contributed by atoms with Gasteiger partial charge in [-0.05, 0) is 61.2 Å². The summed E-state index contributed by atoms with van der Waals surface area (Å²) in [6.45, 7) is 6.44. The number of hydrogen-bond acceptors (Lipinski definition) is 7. The van der Waals surface area contributed by atoms with Crippen LogP contribution in [0.15, 0.2) is 71.6 Å². The number of ether oxygens (including phenoxy) is 1. The van der Waals surface area contributed by atoms with E-state index in [0.29, 0.717) is 31.1 Å². The second-order valence-electron chi connectivity index (χ2n) is 11.6. The summed E-state index contributed by atoms with van der Waals surface area (Å²) < 4.78 is 5.44. The molecule has 0 aromatic heterocycles. The topological polar surface area (TPSA) is 146 Å². The minimum atomic E-state index is -0.734. The van der Waals surface area contributed by atoms with Gasteiger partial charge in [0.15, 0.2) is 0 Å². The lowest BCUT2D eigenvalue weighted by Gasteiger charge is -2.29. The number of nitrogens with two attached hydrogens (primary N) is 1. The number of primary amides is 1. The van der Waals surface area contributed by atoms with Gasteiger partial charge in [-0.15, -0.1) is 11.8 Å². The Hall–Kier alpha value is -4.06. The fourth-order valence-corrected chi connectivity index (χ4v) is 6.12. The van der Waals surface area contributed by atoms with Crippen molar-refractivity contribution in [3.63, 3.8) is 0 Å². The average Bonchev–Trinajstić information content (AvgIpc) is 3.11. The number of benzene rings is 3. The van der Waals surface area contributed by atoms with Crippen molar-refractivity contribution in [1.29, 1.82) is 0 Å². The highest BCUT2D eigenvalue weighted by Gasteiger charge is 2.33. The molecule has 0 aliphatic carbocycles. The van der Waals surface area contributed by atoms with E-state index in [-0.39, 0.29) is 18.2 Å². The van der Waals surface area contributed by atoms with Gasteiger partial charge in [0.25, 0.3) is 5.91 Å². The maximum absolute atomic E-state index is 14.0. The zero-order chi connectivity index (χ0) is 31.9. The number of carbonyl (C=O) groups is 3. The van der Waals surface area contributed by atoms with E-state index in [4.69, 9.17) is 10.5 Å². The summed E-state index contributed by atoms with van der Waals surface area (Å²) in [6.07, 6.45) is -0.392. The molecule has 1 aliphatic heterocycles. The van der Waals surface area contributed by atoms with Gasteiger partial charge >= 0.3 is 6.03 Å². The Kier molecular flexibility index (Phi) is 10.9. The van der Waals surface area contributed by atoms with E-state index < -0.39 is 23.7 Å². The van der Waals surface area contributed by atoms with E-state index in [1.807, 2.05) is 80.6 Å². The van der Waals surface area contributed by atoms with Gasteiger partial charge in [-0.2, -0.15) is 0 Å². The molecule has 6 N–H and O–H groups in total. The Labute approximate surface area is 262 Å². The number of carbonyl (C=O) groups excluding carboxylic acids is 3. The second kappa shape index (κ2) is 14.6. The lowest BCUT2D eigenvalue weighted by molar-refractivity contribution is -0.127. The van der Waals surface area contributed by atoms with Crippen LogP contribution in [0.1, 0.15) is 38.3 Å². The molecule has 0 fully saturated rings. The van der Waals surface area contributed by atoms with Crippen molar-refractivity contribution in [3.05, 3.63) is 77.9 Å². The molecule has 44 heavy (non-hydrogen) atoms. The highest BCUT2D eigenvalue weighted by Crippen LogP contribution is 2.38. The van der Waals surface area contributed by atoms with E-state index in [2.05, 4.69) is 16.0 Å². The standard InChI is InChI=1S/C33H41N5O5S/c1-21(39)17-36-33(2,3)16-30(40)37-27-20-44-29-15-25(43-4)13-14-28(29)38(31(27)41)19-22-9-11-23(12-10-22)26-8-6-5-7-24(26)18-35-32(34)42/h5-15,21,27,36,39H,16-20H2,1-4H3,(H,37,40)(H3,34,35,42)/t21-,27-/m1/s1. The van der Waals surface area contributed by atoms with E-state index in [1.165, 1.54) is 11.8 Å². The Bertz CT molecular complexity index is 1480. The third-order valence-corrected chi connectivity index (χ3v) is 8.46. The van der Waals surface area contributed by atoms with E-state index >= 15 is 0 Å². The zero-order valence-corrected chi connectivity index (χ0v) is 26.4. The molecule has 3 aromatic rings. The molecule has 0 bridgehead atoms. The number of nitrogens with one attached hydrogen (secondary N) is 3. The quantitative estimate of drug-likeness (QED) is 0.207. The van der Waals surface area contributed by atoms with E-state index in [0.717, 1.165) is 32.8 Å². The summed E-state index contributed by atoms with van der Waals surface area (Å²) in [5.41, 5.74) is 9.25. The first kappa shape index (κ1) is 32.8. The first-order valence-corrected chi connectivity index (χ1v) is 15.5. The van der Waals surface area contributed by atoms with Gasteiger partial charge in [0.05, 0.1) is 25.4 Å². The molecule has 4 amide bonds. The van der Waals surface area contributed by atoms with Crippen LogP contribution in [0.25, 0.3) is 11.1 Å². The summed E-state index contributed by atoms with van der Waals surface area (Å²) >= 11 is 1.50. The Morgan fingerprint density at radius 2 is 1.86 bits per heavy atom. The predicted octanol–water partition coefficient (Wildman–Crippen LogP) is 3.79. The SMILES string of the molecule is COc1ccc2c(c1)SC[C@@H](NC(=O)CC(C)(C)NC[C@@H](C)O)C(=O)N2Cc1ccc(-c2ccccc2CNC(N)=O)cc1. The number of methoxy groups -OCH3 is 1. The van der Waals surface area contributed by atoms with Gasteiger partial charge in [0.2, 0.25) is 5.91 Å². The summed E-state index contributed by atoms with van der Waals surface area (Å²) in [4.78, 5) is 41.0.